The summed E-state index contributed by atoms with van der Waals surface area (Å²) in [4.78, 5) is -0.666. The van der Waals surface area contributed by atoms with Gasteiger partial charge in [-0.15, -0.1) is 0 Å². The van der Waals surface area contributed by atoms with Gasteiger partial charge in [0.1, 0.15) is 16.5 Å². The van der Waals surface area contributed by atoms with Gasteiger partial charge in [-0.25, -0.2) is 21.2 Å². The van der Waals surface area contributed by atoms with Crippen LogP contribution in [0.25, 0.3) is 0 Å². The van der Waals surface area contributed by atoms with E-state index in [9.17, 15) is 17.2 Å². The van der Waals surface area contributed by atoms with E-state index in [4.69, 9.17) is 0 Å². The van der Waals surface area contributed by atoms with E-state index in [1.807, 2.05) is 0 Å². The molecule has 18 heavy (non-hydrogen) atoms. The predicted molar refractivity (Wildman–Crippen MR) is 62.8 cm³/mol. The van der Waals surface area contributed by atoms with Crippen molar-refractivity contribution in [1.82, 2.24) is 3.97 Å². The lowest BCUT2D eigenvalue weighted by Gasteiger charge is -2.09. The molecule has 6 heteroatoms. The van der Waals surface area contributed by atoms with Gasteiger partial charge < -0.3 is 0 Å². The van der Waals surface area contributed by atoms with Crippen LogP contribution in [-0.4, -0.2) is 12.4 Å². The third kappa shape index (κ3) is 2.03. The van der Waals surface area contributed by atoms with Gasteiger partial charge in [-0.05, 0) is 43.7 Å². The zero-order valence-electron chi connectivity index (χ0n) is 9.81. The fourth-order valence-corrected chi connectivity index (χ4v) is 3.28. The van der Waals surface area contributed by atoms with Crippen molar-refractivity contribution in [2.75, 3.05) is 0 Å². The summed E-state index contributed by atoms with van der Waals surface area (Å²) in [6.45, 7) is 3.31. The standard InChI is InChI=1S/C12H11F2NO2S/c1-8-5-9(2)15(7-8)18(16,17)12-6-10(13)3-4-11(12)14/h3-7H,1-2H3. The van der Waals surface area contributed by atoms with E-state index in [0.29, 0.717) is 11.8 Å². The van der Waals surface area contributed by atoms with Crippen LogP contribution >= 0.6 is 0 Å². The van der Waals surface area contributed by atoms with Crippen molar-refractivity contribution in [3.05, 3.63) is 53.4 Å². The van der Waals surface area contributed by atoms with Gasteiger partial charge in [0.25, 0.3) is 10.0 Å². The van der Waals surface area contributed by atoms with E-state index in [0.717, 1.165) is 21.7 Å². The van der Waals surface area contributed by atoms with E-state index in [1.165, 1.54) is 6.20 Å². The van der Waals surface area contributed by atoms with E-state index < -0.39 is 26.6 Å². The molecule has 0 atom stereocenters. The normalized spacial score (nSPS) is 11.8. The van der Waals surface area contributed by atoms with E-state index in [2.05, 4.69) is 0 Å². The molecule has 1 aromatic heterocycles. The molecule has 0 aliphatic rings. The van der Waals surface area contributed by atoms with Gasteiger partial charge in [0.15, 0.2) is 0 Å². The minimum absolute atomic E-state index is 0.441. The number of benzene rings is 1. The SMILES string of the molecule is Cc1cc(C)n(S(=O)(=O)c2cc(F)ccc2F)c1. The zero-order valence-corrected chi connectivity index (χ0v) is 10.6. The summed E-state index contributed by atoms with van der Waals surface area (Å²) in [5, 5.41) is 0. The molecule has 0 aliphatic carbocycles. The van der Waals surface area contributed by atoms with Crippen LogP contribution < -0.4 is 0 Å². The number of rotatable bonds is 2. The molecule has 96 valence electrons. The monoisotopic (exact) mass is 271 g/mol. The molecular formula is C12H11F2NO2S. The molecule has 0 unspecified atom stereocenters. The molecule has 0 bridgehead atoms. The number of aromatic nitrogens is 1. The second-order valence-corrected chi connectivity index (χ2v) is 5.82. The van der Waals surface area contributed by atoms with Crippen LogP contribution in [0.4, 0.5) is 8.78 Å². The molecular weight excluding hydrogens is 260 g/mol. The highest BCUT2D eigenvalue weighted by Gasteiger charge is 2.23. The predicted octanol–water partition coefficient (Wildman–Crippen LogP) is 2.62. The van der Waals surface area contributed by atoms with Gasteiger partial charge in [-0.2, -0.15) is 0 Å². The first kappa shape index (κ1) is 12.8. The summed E-state index contributed by atoms with van der Waals surface area (Å²) < 4.78 is 51.9. The third-order valence-corrected chi connectivity index (χ3v) is 4.32. The Morgan fingerprint density at radius 2 is 1.78 bits per heavy atom. The van der Waals surface area contributed by atoms with Crippen molar-refractivity contribution in [1.29, 1.82) is 0 Å². The van der Waals surface area contributed by atoms with Crippen LogP contribution in [-0.2, 0) is 10.0 Å². The first-order valence-corrected chi connectivity index (χ1v) is 6.62. The average Bonchev–Trinajstić information content (AvgIpc) is 2.62. The van der Waals surface area contributed by atoms with Crippen molar-refractivity contribution in [3.63, 3.8) is 0 Å². The number of nitrogens with zero attached hydrogens (tertiary/aromatic N) is 1. The van der Waals surface area contributed by atoms with Crippen LogP contribution in [0.5, 0.6) is 0 Å². The quantitative estimate of drug-likeness (QED) is 0.842. The highest BCUT2D eigenvalue weighted by Crippen LogP contribution is 2.21. The zero-order chi connectivity index (χ0) is 13.5. The van der Waals surface area contributed by atoms with Gasteiger partial charge in [-0.3, -0.25) is 0 Å². The van der Waals surface area contributed by atoms with E-state index in [-0.39, 0.29) is 0 Å². The van der Waals surface area contributed by atoms with Crippen molar-refractivity contribution < 1.29 is 17.2 Å². The first-order chi connectivity index (χ1) is 8.32. The Labute approximate surface area is 104 Å². The fourth-order valence-electron chi connectivity index (χ4n) is 1.76. The van der Waals surface area contributed by atoms with Crippen LogP contribution in [0.3, 0.4) is 0 Å². The summed E-state index contributed by atoms with van der Waals surface area (Å²) in [6.07, 6.45) is 1.37. The summed E-state index contributed by atoms with van der Waals surface area (Å²) >= 11 is 0. The van der Waals surface area contributed by atoms with Crippen LogP contribution in [0.1, 0.15) is 11.3 Å². The Hall–Kier alpha value is -1.69. The maximum atomic E-state index is 13.5. The van der Waals surface area contributed by atoms with Crippen molar-refractivity contribution in [2.24, 2.45) is 0 Å². The number of hydrogen-bond acceptors (Lipinski definition) is 2. The Morgan fingerprint density at radius 3 is 2.33 bits per heavy atom. The molecule has 1 aromatic carbocycles. The van der Waals surface area contributed by atoms with E-state index >= 15 is 0 Å². The Balaban J connectivity index is 2.69. The van der Waals surface area contributed by atoms with Crippen molar-refractivity contribution >= 4 is 10.0 Å². The molecule has 0 spiro atoms. The minimum Gasteiger partial charge on any atom is -0.246 e. The van der Waals surface area contributed by atoms with Crippen LogP contribution in [0, 0.1) is 25.5 Å². The molecule has 0 aliphatic heterocycles. The van der Waals surface area contributed by atoms with Gasteiger partial charge in [0.05, 0.1) is 0 Å². The molecule has 0 saturated heterocycles. The maximum absolute atomic E-state index is 13.5. The number of halogens is 2. The molecule has 0 N–H and O–H groups in total. The van der Waals surface area contributed by atoms with Gasteiger partial charge in [-0.1, -0.05) is 0 Å². The third-order valence-electron chi connectivity index (χ3n) is 2.54. The van der Waals surface area contributed by atoms with Gasteiger partial charge >= 0.3 is 0 Å². The van der Waals surface area contributed by atoms with Crippen LogP contribution in [0.2, 0.25) is 0 Å². The van der Waals surface area contributed by atoms with Crippen molar-refractivity contribution in [2.45, 2.75) is 18.7 Å². The smallest absolute Gasteiger partial charge is 0.246 e. The molecule has 3 nitrogen and oxygen atoms in total. The molecule has 2 rings (SSSR count). The van der Waals surface area contributed by atoms with E-state index in [1.54, 1.807) is 19.9 Å². The highest BCUT2D eigenvalue weighted by molar-refractivity contribution is 7.90. The van der Waals surface area contributed by atoms with Gasteiger partial charge in [0, 0.05) is 11.9 Å². The molecule has 0 fully saturated rings. The molecule has 0 saturated carbocycles. The second-order valence-electron chi connectivity index (χ2n) is 4.03. The number of aryl methyl sites for hydroxylation is 2. The minimum atomic E-state index is -4.10. The number of hydrogen-bond donors (Lipinski definition) is 0. The fraction of sp³-hybridized carbons (Fsp3) is 0.167. The summed E-state index contributed by atoms with van der Waals surface area (Å²) in [5.74, 6) is -1.77. The lowest BCUT2D eigenvalue weighted by molar-refractivity contribution is 0.548. The lowest BCUT2D eigenvalue weighted by Crippen LogP contribution is -2.15. The first-order valence-electron chi connectivity index (χ1n) is 5.18. The molecule has 2 aromatic rings. The molecule has 1 heterocycles. The Bertz CT molecular complexity index is 705. The van der Waals surface area contributed by atoms with Crippen LogP contribution in [0.15, 0.2) is 35.4 Å². The highest BCUT2D eigenvalue weighted by atomic mass is 32.2. The lowest BCUT2D eigenvalue weighted by atomic mass is 10.3. The van der Waals surface area contributed by atoms with Gasteiger partial charge in [0.2, 0.25) is 0 Å². The topological polar surface area (TPSA) is 39.1 Å². The molecule has 0 amide bonds. The molecule has 0 radical (unpaired) electrons. The summed E-state index contributed by atoms with van der Waals surface area (Å²) in [7, 11) is -4.10. The second kappa shape index (κ2) is 4.20. The summed E-state index contributed by atoms with van der Waals surface area (Å²) in [6, 6.07) is 4.00. The Kier molecular flexibility index (Phi) is 2.98. The maximum Gasteiger partial charge on any atom is 0.270 e. The van der Waals surface area contributed by atoms with Crippen molar-refractivity contribution in [3.8, 4) is 0 Å². The summed E-state index contributed by atoms with van der Waals surface area (Å²) in [5.41, 5.74) is 1.17. The largest absolute Gasteiger partial charge is 0.270 e. The average molecular weight is 271 g/mol. The Morgan fingerprint density at radius 1 is 1.11 bits per heavy atom.